The Balaban J connectivity index is 2.36. The molecule has 17 heavy (non-hydrogen) atoms. The minimum Gasteiger partial charge on any atom is -0.447 e. The summed E-state index contributed by atoms with van der Waals surface area (Å²) in [7, 11) is 0. The summed E-state index contributed by atoms with van der Waals surface area (Å²) in [5.41, 5.74) is 0.430. The molecule has 0 amide bonds. The van der Waals surface area contributed by atoms with Crippen LogP contribution in [0.25, 0.3) is 0 Å². The SMILES string of the molecule is CC(N=O)c1ccc2c(c1)OC(F)C(F)(F)O2. The minimum atomic E-state index is -4.01. The van der Waals surface area contributed by atoms with Gasteiger partial charge in [-0.2, -0.15) is 18.1 Å². The number of nitroso groups, excluding NO2 is 1. The number of alkyl halides is 3. The van der Waals surface area contributed by atoms with Crippen LogP contribution in [0.2, 0.25) is 0 Å². The molecular formula is C10H8F3NO3. The molecule has 1 heterocycles. The monoisotopic (exact) mass is 247 g/mol. The summed E-state index contributed by atoms with van der Waals surface area (Å²) in [6, 6.07) is 3.16. The van der Waals surface area contributed by atoms with Gasteiger partial charge in [-0.05, 0) is 24.6 Å². The lowest BCUT2D eigenvalue weighted by Gasteiger charge is -2.28. The Kier molecular flexibility index (Phi) is 2.68. The first kappa shape index (κ1) is 11.7. The van der Waals surface area contributed by atoms with E-state index in [0.717, 1.165) is 0 Å². The van der Waals surface area contributed by atoms with E-state index in [-0.39, 0.29) is 11.5 Å². The third kappa shape index (κ3) is 2.04. The van der Waals surface area contributed by atoms with Gasteiger partial charge in [-0.3, -0.25) is 0 Å². The number of rotatable bonds is 2. The van der Waals surface area contributed by atoms with Crippen LogP contribution in [0.4, 0.5) is 13.2 Å². The first-order valence-electron chi connectivity index (χ1n) is 4.78. The topological polar surface area (TPSA) is 47.9 Å². The van der Waals surface area contributed by atoms with Crippen molar-refractivity contribution in [3.05, 3.63) is 28.7 Å². The standard InChI is InChI=1S/C10H8F3NO3/c1-5(14-15)6-2-3-7-8(4-6)16-9(11)10(12,13)17-7/h2-5,9H,1H3. The molecule has 1 aliphatic heterocycles. The molecule has 0 radical (unpaired) electrons. The van der Waals surface area contributed by atoms with E-state index < -0.39 is 18.5 Å². The first-order valence-corrected chi connectivity index (χ1v) is 4.78. The fraction of sp³-hybridized carbons (Fsp3) is 0.400. The summed E-state index contributed by atoms with van der Waals surface area (Å²) >= 11 is 0. The molecule has 92 valence electrons. The number of benzene rings is 1. The van der Waals surface area contributed by atoms with Crippen LogP contribution in [0.1, 0.15) is 18.5 Å². The van der Waals surface area contributed by atoms with E-state index in [9.17, 15) is 18.1 Å². The van der Waals surface area contributed by atoms with Gasteiger partial charge in [0.15, 0.2) is 11.5 Å². The number of hydrogen-bond donors (Lipinski definition) is 0. The third-order valence-electron chi connectivity index (χ3n) is 2.35. The van der Waals surface area contributed by atoms with E-state index in [0.29, 0.717) is 5.56 Å². The molecule has 2 rings (SSSR count). The summed E-state index contributed by atoms with van der Waals surface area (Å²) in [4.78, 5) is 10.3. The highest BCUT2D eigenvalue weighted by molar-refractivity contribution is 5.45. The zero-order valence-corrected chi connectivity index (χ0v) is 8.69. The number of hydrogen-bond acceptors (Lipinski definition) is 4. The molecule has 0 aromatic heterocycles. The van der Waals surface area contributed by atoms with Gasteiger partial charge in [0.25, 0.3) is 0 Å². The van der Waals surface area contributed by atoms with Crippen LogP contribution in [0, 0.1) is 4.91 Å². The van der Waals surface area contributed by atoms with Gasteiger partial charge < -0.3 is 9.47 Å². The molecule has 0 spiro atoms. The Labute approximate surface area is 94.3 Å². The molecule has 0 saturated carbocycles. The van der Waals surface area contributed by atoms with Crippen LogP contribution in [-0.4, -0.2) is 12.5 Å². The van der Waals surface area contributed by atoms with Gasteiger partial charge in [0.05, 0.1) is 0 Å². The molecule has 2 unspecified atom stereocenters. The van der Waals surface area contributed by atoms with Crippen molar-refractivity contribution in [3.63, 3.8) is 0 Å². The van der Waals surface area contributed by atoms with Crippen molar-refractivity contribution in [2.45, 2.75) is 25.4 Å². The van der Waals surface area contributed by atoms with Crippen LogP contribution in [0.15, 0.2) is 23.4 Å². The summed E-state index contributed by atoms with van der Waals surface area (Å²) in [6.07, 6.45) is -6.88. The lowest BCUT2D eigenvalue weighted by Crippen LogP contribution is -2.43. The summed E-state index contributed by atoms with van der Waals surface area (Å²) < 4.78 is 47.0. The average molecular weight is 247 g/mol. The van der Waals surface area contributed by atoms with Crippen molar-refractivity contribution in [2.75, 3.05) is 0 Å². The van der Waals surface area contributed by atoms with Crippen LogP contribution >= 0.6 is 0 Å². The van der Waals surface area contributed by atoms with Crippen molar-refractivity contribution in [1.29, 1.82) is 0 Å². The average Bonchev–Trinajstić information content (AvgIpc) is 2.28. The number of ether oxygens (including phenoxy) is 2. The van der Waals surface area contributed by atoms with Gasteiger partial charge in [-0.15, -0.1) is 0 Å². The van der Waals surface area contributed by atoms with Gasteiger partial charge >= 0.3 is 12.5 Å². The molecule has 2 atom stereocenters. The molecule has 0 fully saturated rings. The smallest absolute Gasteiger partial charge is 0.447 e. The highest BCUT2D eigenvalue weighted by atomic mass is 19.3. The first-order chi connectivity index (χ1) is 7.94. The fourth-order valence-electron chi connectivity index (χ4n) is 1.39. The maximum absolute atomic E-state index is 12.9. The van der Waals surface area contributed by atoms with Gasteiger partial charge in [0, 0.05) is 0 Å². The molecule has 7 heteroatoms. The Morgan fingerprint density at radius 2 is 2.12 bits per heavy atom. The van der Waals surface area contributed by atoms with E-state index in [1.54, 1.807) is 0 Å². The van der Waals surface area contributed by atoms with E-state index in [4.69, 9.17) is 0 Å². The van der Waals surface area contributed by atoms with Gasteiger partial charge in [-0.1, -0.05) is 11.2 Å². The number of halogens is 3. The molecule has 4 nitrogen and oxygen atoms in total. The quantitative estimate of drug-likeness (QED) is 0.754. The summed E-state index contributed by atoms with van der Waals surface area (Å²) in [5, 5.41) is 2.77. The summed E-state index contributed by atoms with van der Waals surface area (Å²) in [5.74, 6) is -0.442. The Bertz CT molecular complexity index is 452. The third-order valence-corrected chi connectivity index (χ3v) is 2.35. The van der Waals surface area contributed by atoms with Crippen molar-refractivity contribution < 1.29 is 22.6 Å². The van der Waals surface area contributed by atoms with E-state index >= 15 is 0 Å². The van der Waals surface area contributed by atoms with Crippen molar-refractivity contribution in [2.24, 2.45) is 5.18 Å². The number of fused-ring (bicyclic) bond motifs is 1. The molecule has 0 bridgehead atoms. The number of nitrogens with zero attached hydrogens (tertiary/aromatic N) is 1. The van der Waals surface area contributed by atoms with Crippen LogP contribution in [0.5, 0.6) is 11.5 Å². The van der Waals surface area contributed by atoms with E-state index in [2.05, 4.69) is 14.7 Å². The predicted molar refractivity (Wildman–Crippen MR) is 51.8 cm³/mol. The largest absolute Gasteiger partial charge is 0.468 e. The fourth-order valence-corrected chi connectivity index (χ4v) is 1.39. The van der Waals surface area contributed by atoms with Gasteiger partial charge in [0.2, 0.25) is 0 Å². The highest BCUT2D eigenvalue weighted by Crippen LogP contribution is 2.41. The molecular weight excluding hydrogens is 239 g/mol. The maximum Gasteiger partial charge on any atom is 0.468 e. The van der Waals surface area contributed by atoms with Crippen LogP contribution in [0.3, 0.4) is 0 Å². The van der Waals surface area contributed by atoms with Gasteiger partial charge in [-0.25, -0.2) is 0 Å². The lowest BCUT2D eigenvalue weighted by atomic mass is 10.1. The lowest BCUT2D eigenvalue weighted by molar-refractivity contribution is -0.281. The van der Waals surface area contributed by atoms with Crippen molar-refractivity contribution >= 4 is 0 Å². The van der Waals surface area contributed by atoms with E-state index in [1.165, 1.54) is 25.1 Å². The normalized spacial score (nSPS) is 22.9. The van der Waals surface area contributed by atoms with Crippen LogP contribution in [-0.2, 0) is 0 Å². The zero-order chi connectivity index (χ0) is 12.6. The van der Waals surface area contributed by atoms with Crippen molar-refractivity contribution in [1.82, 2.24) is 0 Å². The predicted octanol–water partition coefficient (Wildman–Crippen LogP) is 3.17. The second kappa shape index (κ2) is 3.90. The Morgan fingerprint density at radius 3 is 2.76 bits per heavy atom. The van der Waals surface area contributed by atoms with Gasteiger partial charge in [0.1, 0.15) is 6.04 Å². The molecule has 1 aromatic rings. The second-order valence-electron chi connectivity index (χ2n) is 3.59. The molecule has 0 aliphatic carbocycles. The molecule has 0 N–H and O–H groups in total. The maximum atomic E-state index is 12.9. The highest BCUT2D eigenvalue weighted by Gasteiger charge is 2.49. The van der Waals surface area contributed by atoms with Crippen LogP contribution < -0.4 is 9.47 Å². The van der Waals surface area contributed by atoms with E-state index in [1.807, 2.05) is 0 Å². The summed E-state index contributed by atoms with van der Waals surface area (Å²) in [6.45, 7) is 1.51. The molecule has 1 aromatic carbocycles. The zero-order valence-electron chi connectivity index (χ0n) is 8.69. The Morgan fingerprint density at radius 1 is 1.41 bits per heavy atom. The minimum absolute atomic E-state index is 0.170. The second-order valence-corrected chi connectivity index (χ2v) is 3.59. The molecule has 1 aliphatic rings. The molecule has 0 saturated heterocycles. The van der Waals surface area contributed by atoms with Crippen molar-refractivity contribution in [3.8, 4) is 11.5 Å². The Hall–Kier alpha value is -1.79.